The first-order valence-electron chi connectivity index (χ1n) is 10.5. The third kappa shape index (κ3) is 4.46. The van der Waals surface area contributed by atoms with Crippen molar-refractivity contribution in [3.05, 3.63) is 68.4 Å². The van der Waals surface area contributed by atoms with E-state index in [9.17, 15) is 20.1 Å². The summed E-state index contributed by atoms with van der Waals surface area (Å²) in [5.74, 6) is -0.823. The van der Waals surface area contributed by atoms with Gasteiger partial charge in [-0.05, 0) is 42.8 Å². The van der Waals surface area contributed by atoms with E-state index >= 15 is 0 Å². The molecule has 3 atom stereocenters. The molecule has 2 heterocycles. The molecule has 0 unspecified atom stereocenters. The smallest absolute Gasteiger partial charge is 0.342 e. The summed E-state index contributed by atoms with van der Waals surface area (Å²) in [6.07, 6.45) is -2.89. The van der Waals surface area contributed by atoms with Crippen molar-refractivity contribution in [2.75, 3.05) is 6.61 Å². The molecule has 0 aliphatic heterocycles. The number of benzene rings is 1. The van der Waals surface area contributed by atoms with Gasteiger partial charge >= 0.3 is 5.97 Å². The summed E-state index contributed by atoms with van der Waals surface area (Å²) >= 11 is 3.04. The summed E-state index contributed by atoms with van der Waals surface area (Å²) in [5.41, 5.74) is -0.722. The quantitative estimate of drug-likeness (QED) is 0.452. The standard InChI is InChI=1S/C24H26O6S2/c1-3-29-23(27)24(28)12-19(25)21(26)22(30-13-16-5-4-8-31-16)18(24)11-17-10-15-9-14(2)6-7-20(15)32-17/h4-10,19,21,25-26,28H,3,11-13H2,1-2H3/t19-,21+,24-/m1/s1. The molecular weight excluding hydrogens is 448 g/mol. The van der Waals surface area contributed by atoms with Gasteiger partial charge in [-0.1, -0.05) is 23.8 Å². The Labute approximate surface area is 194 Å². The number of hydrogen-bond acceptors (Lipinski definition) is 8. The van der Waals surface area contributed by atoms with Crippen LogP contribution in [-0.2, 0) is 27.3 Å². The number of rotatable bonds is 7. The van der Waals surface area contributed by atoms with Crippen LogP contribution in [0.1, 0.15) is 28.7 Å². The van der Waals surface area contributed by atoms with Crippen LogP contribution in [0.4, 0.5) is 0 Å². The molecule has 0 saturated carbocycles. The van der Waals surface area contributed by atoms with Gasteiger partial charge in [-0.15, -0.1) is 22.7 Å². The first-order valence-corrected chi connectivity index (χ1v) is 12.1. The van der Waals surface area contributed by atoms with Crippen LogP contribution in [0.5, 0.6) is 0 Å². The molecule has 0 radical (unpaired) electrons. The van der Waals surface area contributed by atoms with Gasteiger partial charge in [0.05, 0.1) is 12.7 Å². The van der Waals surface area contributed by atoms with Crippen LogP contribution in [-0.4, -0.2) is 45.7 Å². The van der Waals surface area contributed by atoms with Crippen LogP contribution >= 0.6 is 22.7 Å². The van der Waals surface area contributed by atoms with Gasteiger partial charge < -0.3 is 24.8 Å². The van der Waals surface area contributed by atoms with Gasteiger partial charge in [0.1, 0.15) is 18.5 Å². The van der Waals surface area contributed by atoms with E-state index in [1.165, 1.54) is 11.3 Å². The summed E-state index contributed by atoms with van der Waals surface area (Å²) in [5, 5.41) is 35.6. The van der Waals surface area contributed by atoms with E-state index in [1.807, 2.05) is 42.6 Å². The molecule has 4 rings (SSSR count). The third-order valence-electron chi connectivity index (χ3n) is 5.57. The Morgan fingerprint density at radius 1 is 1.22 bits per heavy atom. The molecule has 170 valence electrons. The molecular formula is C24H26O6S2. The Bertz CT molecular complexity index is 1130. The molecule has 2 aromatic heterocycles. The number of thiophene rings is 2. The fourth-order valence-corrected chi connectivity index (χ4v) is 5.65. The third-order valence-corrected chi connectivity index (χ3v) is 7.54. The number of carbonyl (C=O) groups is 1. The Balaban J connectivity index is 1.77. The second-order valence-corrected chi connectivity index (χ2v) is 10.1. The van der Waals surface area contributed by atoms with E-state index in [2.05, 4.69) is 6.07 Å². The first kappa shape index (κ1) is 22.9. The van der Waals surface area contributed by atoms with Crippen molar-refractivity contribution in [3.8, 4) is 0 Å². The van der Waals surface area contributed by atoms with Gasteiger partial charge in [-0.2, -0.15) is 0 Å². The normalized spacial score (nSPS) is 23.5. The highest BCUT2D eigenvalue weighted by molar-refractivity contribution is 7.19. The number of aliphatic hydroxyl groups is 3. The highest BCUT2D eigenvalue weighted by Crippen LogP contribution is 2.40. The monoisotopic (exact) mass is 474 g/mol. The second kappa shape index (κ2) is 9.33. The summed E-state index contributed by atoms with van der Waals surface area (Å²) in [6.45, 7) is 3.92. The van der Waals surface area contributed by atoms with Gasteiger partial charge in [0.15, 0.2) is 5.60 Å². The zero-order valence-electron chi connectivity index (χ0n) is 17.9. The molecule has 6 nitrogen and oxygen atoms in total. The zero-order valence-corrected chi connectivity index (χ0v) is 19.5. The second-order valence-electron chi connectivity index (χ2n) is 7.94. The molecule has 0 saturated heterocycles. The Hall–Kier alpha value is -2.23. The van der Waals surface area contributed by atoms with Crippen molar-refractivity contribution in [2.45, 2.75) is 51.1 Å². The number of fused-ring (bicyclic) bond motifs is 1. The van der Waals surface area contributed by atoms with E-state index in [4.69, 9.17) is 9.47 Å². The molecule has 0 amide bonds. The van der Waals surface area contributed by atoms with Crippen molar-refractivity contribution in [1.29, 1.82) is 0 Å². The van der Waals surface area contributed by atoms with Crippen LogP contribution in [0.15, 0.2) is 53.1 Å². The van der Waals surface area contributed by atoms with E-state index in [-0.39, 0.29) is 37.4 Å². The molecule has 1 aliphatic carbocycles. The van der Waals surface area contributed by atoms with Gasteiger partial charge in [-0.3, -0.25) is 0 Å². The molecule has 1 aliphatic rings. The molecule has 1 aromatic carbocycles. The van der Waals surface area contributed by atoms with E-state index in [0.29, 0.717) is 0 Å². The minimum Gasteiger partial charge on any atom is -0.489 e. The predicted molar refractivity (Wildman–Crippen MR) is 125 cm³/mol. The lowest BCUT2D eigenvalue weighted by Crippen LogP contribution is -2.53. The average Bonchev–Trinajstić information content (AvgIpc) is 3.41. The summed E-state index contributed by atoms with van der Waals surface area (Å²) in [6, 6.07) is 11.9. The van der Waals surface area contributed by atoms with Crippen molar-refractivity contribution >= 4 is 38.7 Å². The van der Waals surface area contributed by atoms with E-state index < -0.39 is 23.8 Å². The fourth-order valence-electron chi connectivity index (χ4n) is 3.98. The molecule has 0 fully saturated rings. The maximum Gasteiger partial charge on any atom is 0.342 e. The molecule has 32 heavy (non-hydrogen) atoms. The van der Waals surface area contributed by atoms with Crippen molar-refractivity contribution < 1.29 is 29.6 Å². The van der Waals surface area contributed by atoms with Gasteiger partial charge in [0.25, 0.3) is 0 Å². The zero-order chi connectivity index (χ0) is 22.9. The number of esters is 1. The Morgan fingerprint density at radius 3 is 2.75 bits per heavy atom. The minimum absolute atomic E-state index is 0.0290. The SMILES string of the molecule is CCOC(=O)[C@@]1(O)C[C@@H](O)[C@H](O)C(OCc2cccs2)=C1Cc1cc2cc(C)ccc2s1. The topological polar surface area (TPSA) is 96.2 Å². The van der Waals surface area contributed by atoms with Crippen molar-refractivity contribution in [2.24, 2.45) is 0 Å². The summed E-state index contributed by atoms with van der Waals surface area (Å²) in [7, 11) is 0. The lowest BCUT2D eigenvalue weighted by molar-refractivity contribution is -0.168. The Morgan fingerprint density at radius 2 is 2.03 bits per heavy atom. The molecule has 3 aromatic rings. The van der Waals surface area contributed by atoms with Gasteiger partial charge in [-0.25, -0.2) is 4.79 Å². The lowest BCUT2D eigenvalue weighted by atomic mass is 9.77. The number of carbonyl (C=O) groups excluding carboxylic acids is 1. The number of aliphatic hydroxyl groups excluding tert-OH is 2. The number of ether oxygens (including phenoxy) is 2. The maximum absolute atomic E-state index is 12.8. The highest BCUT2D eigenvalue weighted by atomic mass is 32.1. The average molecular weight is 475 g/mol. The first-order chi connectivity index (χ1) is 15.3. The van der Waals surface area contributed by atoms with Crippen LogP contribution in [0.2, 0.25) is 0 Å². The molecule has 0 bridgehead atoms. The summed E-state index contributed by atoms with van der Waals surface area (Å²) < 4.78 is 12.2. The Kier molecular flexibility index (Phi) is 6.69. The van der Waals surface area contributed by atoms with Gasteiger partial charge in [0.2, 0.25) is 0 Å². The predicted octanol–water partition coefficient (Wildman–Crippen LogP) is 3.70. The lowest BCUT2D eigenvalue weighted by Gasteiger charge is -2.39. The number of aryl methyl sites for hydroxylation is 1. The fraction of sp³-hybridized carbons (Fsp3) is 0.375. The summed E-state index contributed by atoms with van der Waals surface area (Å²) in [4.78, 5) is 14.6. The number of hydrogen-bond donors (Lipinski definition) is 3. The van der Waals surface area contributed by atoms with Crippen molar-refractivity contribution in [1.82, 2.24) is 0 Å². The van der Waals surface area contributed by atoms with Crippen LogP contribution in [0.3, 0.4) is 0 Å². The molecule has 0 spiro atoms. The maximum atomic E-state index is 12.8. The van der Waals surface area contributed by atoms with Crippen molar-refractivity contribution in [3.63, 3.8) is 0 Å². The van der Waals surface area contributed by atoms with E-state index in [1.54, 1.807) is 18.3 Å². The largest absolute Gasteiger partial charge is 0.489 e. The van der Waals surface area contributed by atoms with Crippen LogP contribution < -0.4 is 0 Å². The highest BCUT2D eigenvalue weighted by Gasteiger charge is 2.51. The molecule has 3 N–H and O–H groups in total. The molecule has 8 heteroatoms. The van der Waals surface area contributed by atoms with Crippen LogP contribution in [0.25, 0.3) is 10.1 Å². The van der Waals surface area contributed by atoms with Gasteiger partial charge in [0, 0.05) is 32.9 Å². The minimum atomic E-state index is -2.09. The van der Waals surface area contributed by atoms with Crippen LogP contribution in [0, 0.1) is 6.92 Å². The van der Waals surface area contributed by atoms with E-state index in [0.717, 1.165) is 25.4 Å².